The summed E-state index contributed by atoms with van der Waals surface area (Å²) in [5, 5.41) is -0.261. The fourth-order valence-electron chi connectivity index (χ4n) is 2.66. The maximum atomic E-state index is 12.3. The lowest BCUT2D eigenvalue weighted by atomic mass is 10.1. The van der Waals surface area contributed by atoms with Crippen LogP contribution < -0.4 is 15.0 Å². The molecule has 2 heterocycles. The fraction of sp³-hybridized carbons (Fsp3) is 0.211. The van der Waals surface area contributed by atoms with E-state index in [1.54, 1.807) is 44.7 Å². The Labute approximate surface area is 162 Å². The Kier molecular flexibility index (Phi) is 5.46. The molecular weight excluding hydrogens is 382 g/mol. The van der Waals surface area contributed by atoms with E-state index in [2.05, 4.69) is 9.97 Å². The van der Waals surface area contributed by atoms with E-state index in [1.807, 2.05) is 6.07 Å². The summed E-state index contributed by atoms with van der Waals surface area (Å²) in [6, 6.07) is 10.0. The predicted octanol–water partition coefficient (Wildman–Crippen LogP) is 1.77. The zero-order valence-corrected chi connectivity index (χ0v) is 16.4. The topological polar surface area (TPSA) is 100 Å². The van der Waals surface area contributed by atoms with Gasteiger partial charge in [0, 0.05) is 30.3 Å². The monoisotopic (exact) mass is 401 g/mol. The second-order valence-corrected chi connectivity index (χ2v) is 7.98. The Morgan fingerprint density at radius 3 is 2.46 bits per heavy atom. The molecule has 0 bridgehead atoms. The third kappa shape index (κ3) is 4.20. The quantitative estimate of drug-likeness (QED) is 0.580. The van der Waals surface area contributed by atoms with E-state index < -0.39 is 9.84 Å². The van der Waals surface area contributed by atoms with E-state index >= 15 is 0 Å². The van der Waals surface area contributed by atoms with Crippen LogP contribution in [0, 0.1) is 0 Å². The lowest BCUT2D eigenvalue weighted by Crippen LogP contribution is -2.19. The molecule has 3 rings (SSSR count). The van der Waals surface area contributed by atoms with Gasteiger partial charge in [0.1, 0.15) is 0 Å². The second-order valence-electron chi connectivity index (χ2n) is 6.07. The number of hydrogen-bond acceptors (Lipinski definition) is 7. The van der Waals surface area contributed by atoms with Crippen molar-refractivity contribution in [3.05, 3.63) is 64.7 Å². The molecule has 0 saturated heterocycles. The van der Waals surface area contributed by atoms with Gasteiger partial charge in [-0.3, -0.25) is 4.79 Å². The van der Waals surface area contributed by atoms with Crippen molar-refractivity contribution >= 4 is 9.84 Å². The minimum Gasteiger partial charge on any atom is -0.493 e. The third-order valence-electron chi connectivity index (χ3n) is 4.05. The highest BCUT2D eigenvalue weighted by molar-refractivity contribution is 7.90. The third-order valence-corrected chi connectivity index (χ3v) is 4.91. The van der Waals surface area contributed by atoms with Crippen molar-refractivity contribution in [1.29, 1.82) is 0 Å². The Bertz CT molecular complexity index is 1170. The SMILES string of the molecule is COc1ccc(Cn2cc(-c3ccnc(S(C)(=O)=O)n3)ccc2=O)cc1OC. The van der Waals surface area contributed by atoms with Gasteiger partial charge in [-0.2, -0.15) is 0 Å². The van der Waals surface area contributed by atoms with Crippen molar-refractivity contribution in [3.8, 4) is 22.8 Å². The number of benzene rings is 1. The zero-order valence-electron chi connectivity index (χ0n) is 15.6. The Morgan fingerprint density at radius 1 is 1.04 bits per heavy atom. The highest BCUT2D eigenvalue weighted by Crippen LogP contribution is 2.27. The molecule has 1 aromatic carbocycles. The number of nitrogens with zero attached hydrogens (tertiary/aromatic N) is 3. The van der Waals surface area contributed by atoms with E-state index in [1.165, 1.54) is 16.8 Å². The first-order valence-electron chi connectivity index (χ1n) is 8.26. The lowest BCUT2D eigenvalue weighted by molar-refractivity contribution is 0.354. The van der Waals surface area contributed by atoms with Crippen LogP contribution in [0.3, 0.4) is 0 Å². The molecule has 146 valence electrons. The maximum absolute atomic E-state index is 12.3. The highest BCUT2D eigenvalue weighted by atomic mass is 32.2. The first kappa shape index (κ1) is 19.6. The molecule has 3 aromatic rings. The van der Waals surface area contributed by atoms with Crippen molar-refractivity contribution in [2.75, 3.05) is 20.5 Å². The standard InChI is InChI=1S/C19H19N3O5S/c1-26-16-6-4-13(10-17(16)27-2)11-22-12-14(5-7-18(22)23)15-8-9-20-19(21-15)28(3,24)25/h4-10,12H,11H2,1-3H3. The largest absolute Gasteiger partial charge is 0.493 e. The van der Waals surface area contributed by atoms with Gasteiger partial charge in [0.05, 0.1) is 26.5 Å². The molecular formula is C19H19N3O5S. The molecule has 0 N–H and O–H groups in total. The van der Waals surface area contributed by atoms with Crippen molar-refractivity contribution in [2.45, 2.75) is 11.7 Å². The summed E-state index contributed by atoms with van der Waals surface area (Å²) in [5.74, 6) is 1.17. The maximum Gasteiger partial charge on any atom is 0.250 e. The lowest BCUT2D eigenvalue weighted by Gasteiger charge is -2.12. The van der Waals surface area contributed by atoms with Gasteiger partial charge >= 0.3 is 0 Å². The summed E-state index contributed by atoms with van der Waals surface area (Å²) in [7, 11) is -0.433. The van der Waals surface area contributed by atoms with Crippen molar-refractivity contribution in [3.63, 3.8) is 0 Å². The number of pyridine rings is 1. The van der Waals surface area contributed by atoms with Gasteiger partial charge in [0.2, 0.25) is 15.0 Å². The molecule has 0 spiro atoms. The van der Waals surface area contributed by atoms with Crippen LogP contribution in [0.5, 0.6) is 11.5 Å². The first-order valence-corrected chi connectivity index (χ1v) is 10.2. The highest BCUT2D eigenvalue weighted by Gasteiger charge is 2.13. The number of sulfone groups is 1. The van der Waals surface area contributed by atoms with Gasteiger partial charge in [-0.15, -0.1) is 0 Å². The zero-order chi connectivity index (χ0) is 20.3. The average molecular weight is 401 g/mol. The minimum absolute atomic E-state index is 0.198. The van der Waals surface area contributed by atoms with Crippen LogP contribution in [0.15, 0.2) is 58.7 Å². The first-order chi connectivity index (χ1) is 13.3. The van der Waals surface area contributed by atoms with Gasteiger partial charge in [-0.25, -0.2) is 18.4 Å². The van der Waals surface area contributed by atoms with Gasteiger partial charge in [-0.05, 0) is 29.8 Å². The summed E-state index contributed by atoms with van der Waals surface area (Å²) in [6.07, 6.45) is 4.06. The summed E-state index contributed by atoms with van der Waals surface area (Å²) in [6.45, 7) is 0.303. The van der Waals surface area contributed by atoms with Gasteiger partial charge < -0.3 is 14.0 Å². The van der Waals surface area contributed by atoms with Crippen LogP contribution in [0.1, 0.15) is 5.56 Å². The molecule has 2 aromatic heterocycles. The molecule has 9 heteroatoms. The van der Waals surface area contributed by atoms with Gasteiger partial charge in [0.25, 0.3) is 5.56 Å². The van der Waals surface area contributed by atoms with Crippen molar-refractivity contribution in [2.24, 2.45) is 0 Å². The molecule has 28 heavy (non-hydrogen) atoms. The molecule has 0 atom stereocenters. The van der Waals surface area contributed by atoms with Crippen LogP contribution in [0.2, 0.25) is 0 Å². The molecule has 0 amide bonds. The molecule has 0 aliphatic rings. The van der Waals surface area contributed by atoms with Crippen LogP contribution >= 0.6 is 0 Å². The number of aromatic nitrogens is 3. The van der Waals surface area contributed by atoms with E-state index in [0.717, 1.165) is 11.8 Å². The fourth-order valence-corrected chi connectivity index (χ4v) is 3.18. The van der Waals surface area contributed by atoms with E-state index in [-0.39, 0.29) is 10.7 Å². The van der Waals surface area contributed by atoms with Crippen LogP contribution in [-0.2, 0) is 16.4 Å². The molecule has 0 aliphatic carbocycles. The Hall–Kier alpha value is -3.20. The predicted molar refractivity (Wildman–Crippen MR) is 103 cm³/mol. The molecule has 0 unspecified atom stereocenters. The Balaban J connectivity index is 1.98. The van der Waals surface area contributed by atoms with E-state index in [0.29, 0.717) is 29.3 Å². The number of rotatable bonds is 6. The van der Waals surface area contributed by atoms with Crippen LogP contribution in [0.25, 0.3) is 11.3 Å². The number of hydrogen-bond donors (Lipinski definition) is 0. The van der Waals surface area contributed by atoms with E-state index in [4.69, 9.17) is 9.47 Å². The molecule has 8 nitrogen and oxygen atoms in total. The van der Waals surface area contributed by atoms with Crippen LogP contribution in [-0.4, -0.2) is 43.4 Å². The van der Waals surface area contributed by atoms with Crippen LogP contribution in [0.4, 0.5) is 0 Å². The number of methoxy groups -OCH3 is 2. The average Bonchev–Trinajstić information content (AvgIpc) is 2.69. The number of ether oxygens (including phenoxy) is 2. The summed E-state index contributed by atoms with van der Waals surface area (Å²) >= 11 is 0. The molecule has 0 fully saturated rings. The molecule has 0 saturated carbocycles. The minimum atomic E-state index is -3.53. The molecule has 0 radical (unpaired) electrons. The summed E-state index contributed by atoms with van der Waals surface area (Å²) < 4.78 is 35.4. The smallest absolute Gasteiger partial charge is 0.250 e. The van der Waals surface area contributed by atoms with Crippen molar-refractivity contribution < 1.29 is 17.9 Å². The van der Waals surface area contributed by atoms with Gasteiger partial charge in [0.15, 0.2) is 11.5 Å². The Morgan fingerprint density at radius 2 is 1.79 bits per heavy atom. The van der Waals surface area contributed by atoms with Gasteiger partial charge in [-0.1, -0.05) is 6.07 Å². The molecule has 0 aliphatic heterocycles. The van der Waals surface area contributed by atoms with E-state index in [9.17, 15) is 13.2 Å². The summed E-state index contributed by atoms with van der Waals surface area (Å²) in [4.78, 5) is 20.2. The normalized spacial score (nSPS) is 11.2. The summed E-state index contributed by atoms with van der Waals surface area (Å²) in [5.41, 5.74) is 1.66. The van der Waals surface area contributed by atoms with Crippen molar-refractivity contribution in [1.82, 2.24) is 14.5 Å². The second kappa shape index (κ2) is 7.81.